The second-order valence-corrected chi connectivity index (χ2v) is 10.7. The lowest BCUT2D eigenvalue weighted by molar-refractivity contribution is 0.0944. The normalized spacial score (nSPS) is 12.5. The summed E-state index contributed by atoms with van der Waals surface area (Å²) in [5.41, 5.74) is 1.41. The van der Waals surface area contributed by atoms with E-state index in [1.807, 2.05) is 30.3 Å². The van der Waals surface area contributed by atoms with Gasteiger partial charge in [0, 0.05) is 13.2 Å². The van der Waals surface area contributed by atoms with Crippen molar-refractivity contribution >= 4 is 15.9 Å². The largest absolute Gasteiger partial charge is 0.343 e. The Bertz CT molecular complexity index is 1210. The van der Waals surface area contributed by atoms with Crippen LogP contribution in [0.4, 0.5) is 0 Å². The Labute approximate surface area is 219 Å². The first-order valence-electron chi connectivity index (χ1n) is 12.7. The fourth-order valence-electron chi connectivity index (χ4n) is 3.98. The molecular formula is C26H37N7O3S. The van der Waals surface area contributed by atoms with Crippen LogP contribution in [0.2, 0.25) is 0 Å². The molecule has 0 saturated carbocycles. The second-order valence-electron chi connectivity index (χ2n) is 8.80. The molecule has 1 amide bonds. The standard InChI is InChI=1S/C26H37N7O3S/c1-4-33(5-2)18-11-19-37(35,36)31-22(16-15-21-12-7-6-8-13-21)25-29-24(32(3)30-25)20-28-26(34)23-14-9-10-17-27-23/h6-10,12-14,17,22,31H,4-5,11,15-16,18-20H2,1-3H3,(H,28,34)/t22-/m1/s1. The Morgan fingerprint density at radius 1 is 1.08 bits per heavy atom. The maximum Gasteiger partial charge on any atom is 0.270 e. The highest BCUT2D eigenvalue weighted by molar-refractivity contribution is 7.89. The van der Waals surface area contributed by atoms with Gasteiger partial charge in [0.15, 0.2) is 5.82 Å². The molecule has 0 aliphatic heterocycles. The Balaban J connectivity index is 1.71. The maximum atomic E-state index is 13.0. The van der Waals surface area contributed by atoms with Gasteiger partial charge in [0.05, 0.1) is 18.3 Å². The predicted molar refractivity (Wildman–Crippen MR) is 143 cm³/mol. The fourth-order valence-corrected chi connectivity index (χ4v) is 5.26. The summed E-state index contributed by atoms with van der Waals surface area (Å²) < 4.78 is 30.4. The van der Waals surface area contributed by atoms with Gasteiger partial charge in [-0.3, -0.25) is 14.5 Å². The van der Waals surface area contributed by atoms with Crippen LogP contribution in [0.3, 0.4) is 0 Å². The van der Waals surface area contributed by atoms with E-state index in [4.69, 9.17) is 0 Å². The van der Waals surface area contributed by atoms with Crippen LogP contribution in [0.25, 0.3) is 0 Å². The Morgan fingerprint density at radius 2 is 1.81 bits per heavy atom. The molecule has 0 aliphatic rings. The van der Waals surface area contributed by atoms with Crippen LogP contribution in [0, 0.1) is 0 Å². The lowest BCUT2D eigenvalue weighted by atomic mass is 10.1. The van der Waals surface area contributed by atoms with Crippen molar-refractivity contribution in [2.45, 2.75) is 45.7 Å². The van der Waals surface area contributed by atoms with Gasteiger partial charge in [-0.15, -0.1) is 0 Å². The van der Waals surface area contributed by atoms with Crippen molar-refractivity contribution in [2.75, 3.05) is 25.4 Å². The average molecular weight is 528 g/mol. The van der Waals surface area contributed by atoms with Crippen LogP contribution < -0.4 is 10.0 Å². The van der Waals surface area contributed by atoms with Crippen molar-refractivity contribution in [1.29, 1.82) is 0 Å². The number of carbonyl (C=O) groups excluding carboxylic acids is 1. The number of rotatable bonds is 15. The van der Waals surface area contributed by atoms with Gasteiger partial charge in [-0.2, -0.15) is 5.10 Å². The van der Waals surface area contributed by atoms with Gasteiger partial charge in [0.2, 0.25) is 10.0 Å². The molecule has 10 nitrogen and oxygen atoms in total. The number of nitrogens with zero attached hydrogens (tertiary/aromatic N) is 5. The van der Waals surface area contributed by atoms with Gasteiger partial charge in [-0.25, -0.2) is 18.1 Å². The number of nitrogens with one attached hydrogen (secondary N) is 2. The molecule has 3 rings (SSSR count). The van der Waals surface area contributed by atoms with Crippen molar-refractivity contribution in [1.82, 2.24) is 34.7 Å². The van der Waals surface area contributed by atoms with Gasteiger partial charge in [0.1, 0.15) is 11.5 Å². The smallest absolute Gasteiger partial charge is 0.270 e. The number of hydrogen-bond acceptors (Lipinski definition) is 7. The second kappa shape index (κ2) is 14.0. The van der Waals surface area contributed by atoms with Gasteiger partial charge in [-0.05, 0) is 56.6 Å². The summed E-state index contributed by atoms with van der Waals surface area (Å²) in [6, 6.07) is 14.4. The van der Waals surface area contributed by atoms with Crippen LogP contribution in [-0.4, -0.2) is 64.4 Å². The van der Waals surface area contributed by atoms with Crippen molar-refractivity contribution in [3.8, 4) is 0 Å². The summed E-state index contributed by atoms with van der Waals surface area (Å²) in [6.07, 6.45) is 3.27. The van der Waals surface area contributed by atoms with Crippen molar-refractivity contribution < 1.29 is 13.2 Å². The topological polar surface area (TPSA) is 122 Å². The molecule has 0 saturated heterocycles. The predicted octanol–water partition coefficient (Wildman–Crippen LogP) is 2.47. The Kier molecular flexibility index (Phi) is 10.7. The first-order valence-corrected chi connectivity index (χ1v) is 14.3. The minimum Gasteiger partial charge on any atom is -0.343 e. The monoisotopic (exact) mass is 527 g/mol. The average Bonchev–Trinajstić information content (AvgIpc) is 3.29. The van der Waals surface area contributed by atoms with E-state index in [1.165, 1.54) is 0 Å². The number of benzene rings is 1. The van der Waals surface area contributed by atoms with Gasteiger partial charge in [0.25, 0.3) is 5.91 Å². The molecule has 0 spiro atoms. The van der Waals surface area contributed by atoms with E-state index in [0.717, 1.165) is 25.2 Å². The van der Waals surface area contributed by atoms with Crippen LogP contribution >= 0.6 is 0 Å². The van der Waals surface area contributed by atoms with Gasteiger partial charge >= 0.3 is 0 Å². The highest BCUT2D eigenvalue weighted by Gasteiger charge is 2.24. The first-order chi connectivity index (χ1) is 17.8. The minimum absolute atomic E-state index is 0.0329. The zero-order valence-electron chi connectivity index (χ0n) is 21.8. The molecule has 1 atom stereocenters. The molecule has 0 bridgehead atoms. The SMILES string of the molecule is CCN(CC)CCCS(=O)(=O)N[C@H](CCc1ccccc1)c1nc(CNC(=O)c2ccccn2)n(C)n1. The third-order valence-corrected chi connectivity index (χ3v) is 7.62. The van der Waals surface area contributed by atoms with Crippen molar-refractivity contribution in [3.63, 3.8) is 0 Å². The highest BCUT2D eigenvalue weighted by atomic mass is 32.2. The third-order valence-electron chi connectivity index (χ3n) is 6.15. The van der Waals surface area contributed by atoms with Crippen LogP contribution in [0.5, 0.6) is 0 Å². The number of aromatic nitrogens is 4. The molecule has 0 fully saturated rings. The van der Waals surface area contributed by atoms with E-state index in [-0.39, 0.29) is 18.2 Å². The van der Waals surface area contributed by atoms with Crippen molar-refractivity contribution in [2.24, 2.45) is 7.05 Å². The molecule has 3 aromatic rings. The molecule has 2 N–H and O–H groups in total. The number of pyridine rings is 1. The molecule has 11 heteroatoms. The Hall–Kier alpha value is -3.15. The summed E-state index contributed by atoms with van der Waals surface area (Å²) in [7, 11) is -1.83. The zero-order valence-corrected chi connectivity index (χ0v) is 22.6. The van der Waals surface area contributed by atoms with Crippen LogP contribution in [0.1, 0.15) is 60.4 Å². The molecular weight excluding hydrogens is 490 g/mol. The summed E-state index contributed by atoms with van der Waals surface area (Å²) in [4.78, 5) is 23.2. The molecule has 1 aromatic carbocycles. The summed E-state index contributed by atoms with van der Waals surface area (Å²) in [5.74, 6) is 0.614. The molecule has 0 aliphatic carbocycles. The van der Waals surface area contributed by atoms with E-state index in [0.29, 0.717) is 36.6 Å². The third kappa shape index (κ3) is 9.03. The maximum absolute atomic E-state index is 13.0. The number of aryl methyl sites for hydroxylation is 2. The molecule has 2 aromatic heterocycles. The van der Waals surface area contributed by atoms with E-state index in [9.17, 15) is 13.2 Å². The lowest BCUT2D eigenvalue weighted by Crippen LogP contribution is -2.33. The van der Waals surface area contributed by atoms with E-state index >= 15 is 0 Å². The van der Waals surface area contributed by atoms with Gasteiger partial charge in [-0.1, -0.05) is 50.2 Å². The van der Waals surface area contributed by atoms with Crippen LogP contribution in [-0.2, 0) is 30.0 Å². The molecule has 2 heterocycles. The van der Waals surface area contributed by atoms with Crippen molar-refractivity contribution in [3.05, 3.63) is 77.6 Å². The number of sulfonamides is 1. The number of amides is 1. The van der Waals surface area contributed by atoms with E-state index in [2.05, 4.69) is 43.9 Å². The first kappa shape index (κ1) is 28.4. The molecule has 0 radical (unpaired) electrons. The molecule has 37 heavy (non-hydrogen) atoms. The van der Waals surface area contributed by atoms with E-state index < -0.39 is 16.1 Å². The quantitative estimate of drug-likeness (QED) is 0.311. The molecule has 200 valence electrons. The van der Waals surface area contributed by atoms with Gasteiger partial charge < -0.3 is 10.2 Å². The summed E-state index contributed by atoms with van der Waals surface area (Å²) >= 11 is 0. The number of hydrogen-bond donors (Lipinski definition) is 2. The number of carbonyl (C=O) groups is 1. The summed E-state index contributed by atoms with van der Waals surface area (Å²) in [6.45, 7) is 6.78. The zero-order chi connectivity index (χ0) is 26.7. The van der Waals surface area contributed by atoms with Crippen LogP contribution in [0.15, 0.2) is 54.7 Å². The highest BCUT2D eigenvalue weighted by Crippen LogP contribution is 2.19. The Morgan fingerprint density at radius 3 is 2.49 bits per heavy atom. The minimum atomic E-state index is -3.55. The fraction of sp³-hybridized carbons (Fsp3) is 0.462. The van der Waals surface area contributed by atoms with E-state index in [1.54, 1.807) is 36.1 Å². The summed E-state index contributed by atoms with van der Waals surface area (Å²) in [5, 5.41) is 7.29. The lowest BCUT2D eigenvalue weighted by Gasteiger charge is -2.19. The molecule has 0 unspecified atom stereocenters.